The number of hydrogen-bond donors (Lipinski definition) is 0. The van der Waals surface area contributed by atoms with Crippen molar-refractivity contribution in [1.82, 2.24) is 4.90 Å². The van der Waals surface area contributed by atoms with Gasteiger partial charge in [0, 0.05) is 23.7 Å². The molecule has 2 nitrogen and oxygen atoms in total. The minimum Gasteiger partial charge on any atom is -0.355 e. The van der Waals surface area contributed by atoms with E-state index in [4.69, 9.17) is 28.2 Å². The standard InChI is InChI=1S/C19H23Cl2FN2/c1-13-7-8-15-16(22)11-14(20)12-17(15)23-19(18(13)21)24-9-5-3-2-4-6-10-24/h11-12H,2-10H2,1H3. The van der Waals surface area contributed by atoms with Gasteiger partial charge in [0.05, 0.1) is 10.7 Å². The van der Waals surface area contributed by atoms with Gasteiger partial charge in [-0.2, -0.15) is 0 Å². The quantitative estimate of drug-likeness (QED) is 0.529. The van der Waals surface area contributed by atoms with Crippen LogP contribution in [0.2, 0.25) is 5.02 Å². The molecule has 0 radical (unpaired) electrons. The fraction of sp³-hybridized carbons (Fsp3) is 0.526. The van der Waals surface area contributed by atoms with Gasteiger partial charge in [0.1, 0.15) is 11.7 Å². The van der Waals surface area contributed by atoms with Crippen molar-refractivity contribution in [1.29, 1.82) is 0 Å². The molecule has 24 heavy (non-hydrogen) atoms. The predicted octanol–water partition coefficient (Wildman–Crippen LogP) is 6.23. The molecule has 0 atom stereocenters. The number of rotatable bonds is 0. The summed E-state index contributed by atoms with van der Waals surface area (Å²) in [5, 5.41) is 1.08. The molecule has 0 saturated carbocycles. The summed E-state index contributed by atoms with van der Waals surface area (Å²) >= 11 is 12.7. The molecule has 2 aliphatic heterocycles. The number of benzene rings is 1. The number of hydrogen-bond acceptors (Lipinski definition) is 2. The van der Waals surface area contributed by atoms with Crippen LogP contribution in [0.1, 0.15) is 51.0 Å². The normalized spacial score (nSPS) is 19.8. The monoisotopic (exact) mass is 368 g/mol. The van der Waals surface area contributed by atoms with Gasteiger partial charge in [-0.3, -0.25) is 0 Å². The van der Waals surface area contributed by atoms with Crippen molar-refractivity contribution in [3.63, 3.8) is 0 Å². The lowest BCUT2D eigenvalue weighted by molar-refractivity contribution is 0.362. The molecule has 1 fully saturated rings. The zero-order valence-electron chi connectivity index (χ0n) is 14.0. The molecule has 3 rings (SSSR count). The van der Waals surface area contributed by atoms with E-state index < -0.39 is 0 Å². The maximum absolute atomic E-state index is 14.3. The lowest BCUT2D eigenvalue weighted by atomic mass is 10.0. The summed E-state index contributed by atoms with van der Waals surface area (Å²) in [6.45, 7) is 3.90. The summed E-state index contributed by atoms with van der Waals surface area (Å²) in [4.78, 5) is 7.04. The Kier molecular flexibility index (Phi) is 5.83. The summed E-state index contributed by atoms with van der Waals surface area (Å²) < 4.78 is 14.3. The number of aliphatic imine (C=N–C) groups is 1. The Morgan fingerprint density at radius 1 is 1.00 bits per heavy atom. The summed E-state index contributed by atoms with van der Waals surface area (Å²) in [7, 11) is 0. The van der Waals surface area contributed by atoms with Crippen LogP contribution < -0.4 is 0 Å². The summed E-state index contributed by atoms with van der Waals surface area (Å²) in [6, 6.07) is 3.11. The third kappa shape index (κ3) is 3.94. The molecule has 0 aliphatic carbocycles. The highest BCUT2D eigenvalue weighted by atomic mass is 35.5. The summed E-state index contributed by atoms with van der Waals surface area (Å²) in [6.07, 6.45) is 7.38. The maximum Gasteiger partial charge on any atom is 0.148 e. The molecule has 5 heteroatoms. The fourth-order valence-electron chi connectivity index (χ4n) is 3.38. The highest BCUT2D eigenvalue weighted by Crippen LogP contribution is 2.33. The van der Waals surface area contributed by atoms with Crippen molar-refractivity contribution in [3.05, 3.63) is 39.1 Å². The van der Waals surface area contributed by atoms with Gasteiger partial charge < -0.3 is 4.90 Å². The first kappa shape index (κ1) is 17.8. The van der Waals surface area contributed by atoms with Crippen molar-refractivity contribution in [3.8, 4) is 0 Å². The number of fused-ring (bicyclic) bond motifs is 1. The van der Waals surface area contributed by atoms with Crippen LogP contribution in [0.15, 0.2) is 27.7 Å². The molecule has 2 aliphatic rings. The number of likely N-dealkylation sites (tertiary alicyclic amines) is 1. The van der Waals surface area contributed by atoms with Gasteiger partial charge in [0.15, 0.2) is 0 Å². The Bertz CT molecular complexity index is 674. The van der Waals surface area contributed by atoms with E-state index in [1.54, 1.807) is 6.07 Å². The molecule has 1 aromatic rings. The van der Waals surface area contributed by atoms with Gasteiger partial charge in [-0.05, 0) is 44.7 Å². The largest absolute Gasteiger partial charge is 0.355 e. The first-order chi connectivity index (χ1) is 11.6. The van der Waals surface area contributed by atoms with Crippen LogP contribution in [0.3, 0.4) is 0 Å². The predicted molar refractivity (Wildman–Crippen MR) is 100 cm³/mol. The van der Waals surface area contributed by atoms with Gasteiger partial charge in [-0.1, -0.05) is 48.0 Å². The molecule has 1 saturated heterocycles. The van der Waals surface area contributed by atoms with Gasteiger partial charge in [-0.15, -0.1) is 0 Å². The van der Waals surface area contributed by atoms with Crippen LogP contribution >= 0.6 is 23.2 Å². The summed E-state index contributed by atoms with van der Waals surface area (Å²) in [5.41, 5.74) is 2.31. The molecular formula is C19H23Cl2FN2. The van der Waals surface area contributed by atoms with E-state index in [0.717, 1.165) is 43.8 Å². The Labute approximate surface area is 153 Å². The fourth-order valence-corrected chi connectivity index (χ4v) is 3.84. The van der Waals surface area contributed by atoms with Crippen molar-refractivity contribution in [2.75, 3.05) is 13.1 Å². The van der Waals surface area contributed by atoms with Crippen molar-refractivity contribution >= 4 is 34.7 Å². The minimum atomic E-state index is -0.279. The third-order valence-corrected chi connectivity index (χ3v) is 5.55. The Morgan fingerprint density at radius 3 is 2.38 bits per heavy atom. The molecule has 1 aromatic carbocycles. The molecule has 2 heterocycles. The van der Waals surface area contributed by atoms with E-state index in [9.17, 15) is 4.39 Å². The number of amidine groups is 1. The first-order valence-corrected chi connectivity index (χ1v) is 9.49. The molecular weight excluding hydrogens is 346 g/mol. The second kappa shape index (κ2) is 7.88. The van der Waals surface area contributed by atoms with Crippen molar-refractivity contribution in [2.24, 2.45) is 4.99 Å². The molecule has 0 bridgehead atoms. The molecule has 0 amide bonds. The highest BCUT2D eigenvalue weighted by molar-refractivity contribution is 6.43. The lowest BCUT2D eigenvalue weighted by Gasteiger charge is -2.29. The number of allylic oxidation sites excluding steroid dienone is 1. The first-order valence-electron chi connectivity index (χ1n) is 8.73. The van der Waals surface area contributed by atoms with E-state index in [2.05, 4.69) is 4.90 Å². The lowest BCUT2D eigenvalue weighted by Crippen LogP contribution is -2.34. The van der Waals surface area contributed by atoms with Crippen LogP contribution in [0.25, 0.3) is 0 Å². The second-order valence-corrected chi connectivity index (χ2v) is 7.48. The van der Waals surface area contributed by atoms with Crippen LogP contribution in [0, 0.1) is 5.82 Å². The van der Waals surface area contributed by atoms with Gasteiger partial charge in [-0.25, -0.2) is 9.38 Å². The maximum atomic E-state index is 14.3. The van der Waals surface area contributed by atoms with Crippen LogP contribution in [-0.4, -0.2) is 23.8 Å². The molecule has 130 valence electrons. The van der Waals surface area contributed by atoms with Crippen molar-refractivity contribution in [2.45, 2.75) is 51.9 Å². The Morgan fingerprint density at radius 2 is 1.67 bits per heavy atom. The van der Waals surface area contributed by atoms with E-state index >= 15 is 0 Å². The summed E-state index contributed by atoms with van der Waals surface area (Å²) in [5.74, 6) is 0.498. The SMILES string of the molecule is CC1=C(Cl)C(N2CCCCCCC2)=Nc2cc(Cl)cc(F)c2CC1. The minimum absolute atomic E-state index is 0.279. The Hall–Kier alpha value is -1.06. The molecule has 0 N–H and O–H groups in total. The van der Waals surface area contributed by atoms with E-state index in [1.807, 2.05) is 6.92 Å². The van der Waals surface area contributed by atoms with E-state index in [0.29, 0.717) is 27.7 Å². The molecule has 0 spiro atoms. The zero-order valence-corrected chi connectivity index (χ0v) is 15.6. The van der Waals surface area contributed by atoms with Gasteiger partial charge in [0.2, 0.25) is 0 Å². The van der Waals surface area contributed by atoms with Gasteiger partial charge >= 0.3 is 0 Å². The van der Waals surface area contributed by atoms with Crippen molar-refractivity contribution < 1.29 is 4.39 Å². The topological polar surface area (TPSA) is 15.6 Å². The van der Waals surface area contributed by atoms with Crippen LogP contribution in [0.4, 0.5) is 10.1 Å². The van der Waals surface area contributed by atoms with Crippen LogP contribution in [0.5, 0.6) is 0 Å². The Balaban J connectivity index is 2.06. The average molecular weight is 369 g/mol. The number of halogens is 3. The van der Waals surface area contributed by atoms with E-state index in [-0.39, 0.29) is 5.82 Å². The molecule has 0 unspecified atom stereocenters. The average Bonchev–Trinajstić information content (AvgIpc) is 2.50. The zero-order chi connectivity index (χ0) is 17.1. The second-order valence-electron chi connectivity index (χ2n) is 6.67. The molecule has 0 aromatic heterocycles. The smallest absolute Gasteiger partial charge is 0.148 e. The third-order valence-electron chi connectivity index (χ3n) is 4.84. The number of nitrogens with zero attached hydrogens (tertiary/aromatic N) is 2. The van der Waals surface area contributed by atoms with E-state index in [1.165, 1.54) is 25.3 Å². The van der Waals surface area contributed by atoms with Crippen LogP contribution in [-0.2, 0) is 6.42 Å². The van der Waals surface area contributed by atoms with Gasteiger partial charge in [0.25, 0.3) is 0 Å². The highest BCUT2D eigenvalue weighted by Gasteiger charge is 2.22.